The molecule has 1 saturated heterocycles. The van der Waals surface area contributed by atoms with Crippen LogP contribution in [0.2, 0.25) is 0 Å². The first-order valence-electron chi connectivity index (χ1n) is 10.7. The predicted octanol–water partition coefficient (Wildman–Crippen LogP) is 4.42. The smallest absolute Gasteiger partial charge is 0.257 e. The van der Waals surface area contributed by atoms with Crippen molar-refractivity contribution < 1.29 is 23.2 Å². The van der Waals surface area contributed by atoms with Crippen LogP contribution in [-0.2, 0) is 9.59 Å². The van der Waals surface area contributed by atoms with E-state index in [2.05, 4.69) is 10.3 Å². The highest BCUT2D eigenvalue weighted by Crippen LogP contribution is 2.44. The lowest BCUT2D eigenvalue weighted by atomic mass is 9.98. The number of hydrogen-bond acceptors (Lipinski definition) is 5. The Balaban J connectivity index is 1.29. The summed E-state index contributed by atoms with van der Waals surface area (Å²) >= 11 is 1.16. The first-order valence-corrected chi connectivity index (χ1v) is 11.6. The minimum atomic E-state index is -0.975. The van der Waals surface area contributed by atoms with Crippen LogP contribution in [0.1, 0.15) is 36.5 Å². The first kappa shape index (κ1) is 22.1. The average molecular weight is 483 g/mol. The maximum absolute atomic E-state index is 13.5. The van der Waals surface area contributed by atoms with Gasteiger partial charge >= 0.3 is 0 Å². The van der Waals surface area contributed by atoms with E-state index in [0.29, 0.717) is 40.5 Å². The summed E-state index contributed by atoms with van der Waals surface area (Å²) < 4.78 is 26.7. The van der Waals surface area contributed by atoms with E-state index < -0.39 is 17.3 Å². The SMILES string of the molecule is C[C@]12CCC(=O)N1c1ccccc1C(=O)N2CCC(=O)Nc1nc(-c2ccc(F)c(F)c2)cs1. The van der Waals surface area contributed by atoms with Gasteiger partial charge in [0.25, 0.3) is 5.91 Å². The van der Waals surface area contributed by atoms with Gasteiger partial charge in [-0.25, -0.2) is 13.8 Å². The van der Waals surface area contributed by atoms with E-state index in [1.807, 2.05) is 6.92 Å². The number of benzene rings is 2. The highest BCUT2D eigenvalue weighted by atomic mass is 32.1. The fourth-order valence-electron chi connectivity index (χ4n) is 4.56. The molecule has 0 spiro atoms. The second-order valence-electron chi connectivity index (χ2n) is 8.39. The quantitative estimate of drug-likeness (QED) is 0.584. The van der Waals surface area contributed by atoms with Crippen LogP contribution in [-0.4, -0.2) is 39.8 Å². The zero-order valence-electron chi connectivity index (χ0n) is 18.2. The number of carbonyl (C=O) groups is 3. The van der Waals surface area contributed by atoms with Crippen molar-refractivity contribution in [1.29, 1.82) is 0 Å². The minimum Gasteiger partial charge on any atom is -0.315 e. The van der Waals surface area contributed by atoms with Crippen molar-refractivity contribution in [3.05, 3.63) is 65.0 Å². The number of hydrogen-bond donors (Lipinski definition) is 1. The van der Waals surface area contributed by atoms with Crippen LogP contribution in [0.4, 0.5) is 19.6 Å². The number of thiazole rings is 1. The molecule has 1 aromatic heterocycles. The molecule has 0 saturated carbocycles. The fourth-order valence-corrected chi connectivity index (χ4v) is 5.29. The van der Waals surface area contributed by atoms with Crippen LogP contribution in [0.15, 0.2) is 47.8 Å². The Bertz CT molecular complexity index is 1330. The summed E-state index contributed by atoms with van der Waals surface area (Å²) in [5.74, 6) is -2.54. The summed E-state index contributed by atoms with van der Waals surface area (Å²) in [4.78, 5) is 46.0. The normalized spacial score (nSPS) is 19.3. The van der Waals surface area contributed by atoms with Gasteiger partial charge in [0.15, 0.2) is 16.8 Å². The van der Waals surface area contributed by atoms with Gasteiger partial charge in [0, 0.05) is 30.3 Å². The number of aromatic nitrogens is 1. The fraction of sp³-hybridized carbons (Fsp3) is 0.250. The Kier molecular flexibility index (Phi) is 5.40. The molecule has 174 valence electrons. The van der Waals surface area contributed by atoms with Crippen LogP contribution in [0, 0.1) is 11.6 Å². The second-order valence-corrected chi connectivity index (χ2v) is 9.24. The second kappa shape index (κ2) is 8.28. The lowest BCUT2D eigenvalue weighted by Gasteiger charge is -2.48. The Morgan fingerprint density at radius 3 is 2.76 bits per heavy atom. The lowest BCUT2D eigenvalue weighted by molar-refractivity contribution is -0.117. The van der Waals surface area contributed by atoms with Crippen molar-refractivity contribution in [2.24, 2.45) is 0 Å². The zero-order chi connectivity index (χ0) is 24.0. The van der Waals surface area contributed by atoms with Gasteiger partial charge in [-0.05, 0) is 43.7 Å². The van der Waals surface area contributed by atoms with E-state index in [1.165, 1.54) is 6.07 Å². The lowest BCUT2D eigenvalue weighted by Crippen LogP contribution is -2.62. The highest BCUT2D eigenvalue weighted by Gasteiger charge is 2.52. The van der Waals surface area contributed by atoms with Crippen molar-refractivity contribution in [1.82, 2.24) is 9.88 Å². The van der Waals surface area contributed by atoms with Gasteiger partial charge in [0.1, 0.15) is 5.66 Å². The molecule has 1 fully saturated rings. The summed E-state index contributed by atoms with van der Waals surface area (Å²) in [6.45, 7) is 1.97. The van der Waals surface area contributed by atoms with Gasteiger partial charge in [0.05, 0.1) is 16.9 Å². The van der Waals surface area contributed by atoms with Crippen LogP contribution >= 0.6 is 11.3 Å². The molecule has 0 bridgehead atoms. The van der Waals surface area contributed by atoms with Gasteiger partial charge in [-0.1, -0.05) is 12.1 Å². The topological polar surface area (TPSA) is 82.6 Å². The number of anilines is 2. The molecule has 1 atom stereocenters. The highest BCUT2D eigenvalue weighted by molar-refractivity contribution is 7.14. The molecule has 1 N–H and O–H groups in total. The molecular formula is C24H20F2N4O3S. The summed E-state index contributed by atoms with van der Waals surface area (Å²) in [5.41, 5.74) is 1.02. The Labute approximate surface area is 198 Å². The number of fused-ring (bicyclic) bond motifs is 3. The predicted molar refractivity (Wildman–Crippen MR) is 123 cm³/mol. The van der Waals surface area contributed by atoms with E-state index in [1.54, 1.807) is 39.4 Å². The number of carbonyl (C=O) groups excluding carboxylic acids is 3. The Morgan fingerprint density at radius 2 is 1.97 bits per heavy atom. The molecule has 3 aromatic rings. The molecule has 2 aliphatic heterocycles. The average Bonchev–Trinajstić information content (AvgIpc) is 3.40. The number of amides is 3. The Morgan fingerprint density at radius 1 is 1.18 bits per heavy atom. The van der Waals surface area contributed by atoms with Gasteiger partial charge in [-0.2, -0.15) is 0 Å². The van der Waals surface area contributed by atoms with Gasteiger partial charge in [-0.15, -0.1) is 11.3 Å². The third-order valence-electron chi connectivity index (χ3n) is 6.27. The molecule has 5 rings (SSSR count). The van der Waals surface area contributed by atoms with Crippen LogP contribution < -0.4 is 10.2 Å². The van der Waals surface area contributed by atoms with Gasteiger partial charge < -0.3 is 10.2 Å². The summed E-state index contributed by atoms with van der Waals surface area (Å²) in [6.07, 6.45) is 0.815. The van der Waals surface area contributed by atoms with E-state index >= 15 is 0 Å². The monoisotopic (exact) mass is 482 g/mol. The number of para-hydroxylation sites is 1. The standard InChI is InChI=1S/C24H20F2N4O3S/c1-24-10-8-21(32)30(24)19-5-3-2-4-15(19)22(33)29(24)11-9-20(31)28-23-27-18(13-34-23)14-6-7-16(25)17(26)12-14/h2-7,12-13H,8-11H2,1H3,(H,27,28,31)/t24-/m1/s1. The summed E-state index contributed by atoms with van der Waals surface area (Å²) in [6, 6.07) is 10.5. The maximum atomic E-state index is 13.5. The van der Waals surface area contributed by atoms with Crippen molar-refractivity contribution in [3.63, 3.8) is 0 Å². The van der Waals surface area contributed by atoms with Crippen LogP contribution in [0.5, 0.6) is 0 Å². The molecule has 10 heteroatoms. The molecule has 3 amide bonds. The van der Waals surface area contributed by atoms with Gasteiger partial charge in [0.2, 0.25) is 11.8 Å². The Hall–Kier alpha value is -3.66. The third kappa shape index (κ3) is 3.63. The zero-order valence-corrected chi connectivity index (χ0v) is 19.0. The number of nitrogens with zero attached hydrogens (tertiary/aromatic N) is 3. The largest absolute Gasteiger partial charge is 0.315 e. The number of halogens is 2. The van der Waals surface area contributed by atoms with E-state index in [-0.39, 0.29) is 30.7 Å². The molecule has 0 aliphatic carbocycles. The van der Waals surface area contributed by atoms with Crippen molar-refractivity contribution in [3.8, 4) is 11.3 Å². The molecule has 34 heavy (non-hydrogen) atoms. The van der Waals surface area contributed by atoms with Crippen molar-refractivity contribution in [2.45, 2.75) is 31.8 Å². The molecule has 2 aromatic carbocycles. The van der Waals surface area contributed by atoms with E-state index in [9.17, 15) is 23.2 Å². The van der Waals surface area contributed by atoms with E-state index in [4.69, 9.17) is 0 Å². The molecular weight excluding hydrogens is 462 g/mol. The molecule has 0 unspecified atom stereocenters. The summed E-state index contributed by atoms with van der Waals surface area (Å²) in [5, 5.41) is 4.64. The first-order chi connectivity index (χ1) is 16.3. The van der Waals surface area contributed by atoms with Crippen molar-refractivity contribution in [2.75, 3.05) is 16.8 Å². The number of rotatable bonds is 5. The molecule has 2 aliphatic rings. The molecule has 3 heterocycles. The molecule has 0 radical (unpaired) electrons. The number of nitrogens with one attached hydrogen (secondary N) is 1. The molecule has 7 nitrogen and oxygen atoms in total. The minimum absolute atomic E-state index is 0.00557. The third-order valence-corrected chi connectivity index (χ3v) is 7.03. The van der Waals surface area contributed by atoms with E-state index in [0.717, 1.165) is 23.5 Å². The van der Waals surface area contributed by atoms with Crippen LogP contribution in [0.3, 0.4) is 0 Å². The van der Waals surface area contributed by atoms with Crippen LogP contribution in [0.25, 0.3) is 11.3 Å². The van der Waals surface area contributed by atoms with Gasteiger partial charge in [-0.3, -0.25) is 19.3 Å². The summed E-state index contributed by atoms with van der Waals surface area (Å²) in [7, 11) is 0. The maximum Gasteiger partial charge on any atom is 0.257 e. The van der Waals surface area contributed by atoms with Crippen molar-refractivity contribution >= 4 is 39.9 Å².